The van der Waals surface area contributed by atoms with E-state index < -0.39 is 0 Å². The molecule has 2 N–H and O–H groups in total. The normalized spacial score (nSPS) is 16.1. The average molecular weight is 287 g/mol. The summed E-state index contributed by atoms with van der Waals surface area (Å²) < 4.78 is 1.53. The van der Waals surface area contributed by atoms with E-state index in [1.165, 1.54) is 17.4 Å². The van der Waals surface area contributed by atoms with E-state index in [9.17, 15) is 9.90 Å². The van der Waals surface area contributed by atoms with Crippen LogP contribution in [0.3, 0.4) is 0 Å². The third-order valence-electron chi connectivity index (χ3n) is 4.19. The molecule has 0 bridgehead atoms. The lowest BCUT2D eigenvalue weighted by Crippen LogP contribution is -2.28. The van der Waals surface area contributed by atoms with Crippen LogP contribution >= 0.6 is 0 Å². The van der Waals surface area contributed by atoms with E-state index in [1.807, 2.05) is 18.2 Å². The minimum absolute atomic E-state index is 0.0766. The van der Waals surface area contributed by atoms with Gasteiger partial charge in [-0.2, -0.15) is 0 Å². The van der Waals surface area contributed by atoms with Gasteiger partial charge in [-0.15, -0.1) is 0 Å². The molecule has 112 valence electrons. The van der Waals surface area contributed by atoms with Crippen LogP contribution in [0.15, 0.2) is 29.1 Å². The first-order valence-corrected chi connectivity index (χ1v) is 7.55. The lowest BCUT2D eigenvalue weighted by Gasteiger charge is -2.16. The Bertz CT molecular complexity index is 691. The number of hydrogen-bond donors (Lipinski definition) is 2. The summed E-state index contributed by atoms with van der Waals surface area (Å²) in [6.07, 6.45) is 2.61. The van der Waals surface area contributed by atoms with Crippen molar-refractivity contribution < 1.29 is 5.11 Å². The van der Waals surface area contributed by atoms with Gasteiger partial charge in [0.15, 0.2) is 0 Å². The van der Waals surface area contributed by atoms with E-state index in [0.29, 0.717) is 22.8 Å². The summed E-state index contributed by atoms with van der Waals surface area (Å²) in [5.41, 5.74) is 0.592. The highest BCUT2D eigenvalue weighted by Crippen LogP contribution is 2.36. The molecule has 0 amide bonds. The third-order valence-corrected chi connectivity index (χ3v) is 4.19. The van der Waals surface area contributed by atoms with Crippen molar-refractivity contribution >= 4 is 16.9 Å². The molecular weight excluding hydrogens is 266 g/mol. The predicted molar refractivity (Wildman–Crippen MR) is 83.5 cm³/mol. The van der Waals surface area contributed by atoms with E-state index in [4.69, 9.17) is 0 Å². The zero-order chi connectivity index (χ0) is 14.8. The SMILES string of the molecule is CC(CNc1nc2ccccc2c(=O)n1CCO)C1CC1. The predicted octanol–water partition coefficient (Wildman–Crippen LogP) is 1.85. The summed E-state index contributed by atoms with van der Waals surface area (Å²) >= 11 is 0. The molecular formula is C16H21N3O2. The largest absolute Gasteiger partial charge is 0.395 e. The number of aliphatic hydroxyl groups excluding tert-OH is 1. The van der Waals surface area contributed by atoms with E-state index in [-0.39, 0.29) is 18.7 Å². The Kier molecular flexibility index (Phi) is 3.92. The van der Waals surface area contributed by atoms with Crippen LogP contribution in [0.2, 0.25) is 0 Å². The van der Waals surface area contributed by atoms with Crippen LogP contribution in [0, 0.1) is 11.8 Å². The van der Waals surface area contributed by atoms with Gasteiger partial charge < -0.3 is 10.4 Å². The van der Waals surface area contributed by atoms with Gasteiger partial charge in [0.2, 0.25) is 5.95 Å². The topological polar surface area (TPSA) is 67.2 Å². The first-order chi connectivity index (χ1) is 10.2. The smallest absolute Gasteiger partial charge is 0.262 e. The fraction of sp³-hybridized carbons (Fsp3) is 0.500. The van der Waals surface area contributed by atoms with Crippen molar-refractivity contribution in [3.05, 3.63) is 34.6 Å². The van der Waals surface area contributed by atoms with E-state index in [2.05, 4.69) is 17.2 Å². The summed E-state index contributed by atoms with van der Waals surface area (Å²) in [5, 5.41) is 13.1. The molecule has 1 atom stereocenters. The van der Waals surface area contributed by atoms with Gasteiger partial charge in [-0.05, 0) is 36.8 Å². The highest BCUT2D eigenvalue weighted by Gasteiger charge is 2.27. The second-order valence-electron chi connectivity index (χ2n) is 5.83. The molecule has 1 aliphatic carbocycles. The van der Waals surface area contributed by atoms with Gasteiger partial charge in [-0.1, -0.05) is 19.1 Å². The second-order valence-corrected chi connectivity index (χ2v) is 5.83. The Morgan fingerprint density at radius 1 is 1.43 bits per heavy atom. The summed E-state index contributed by atoms with van der Waals surface area (Å²) in [7, 11) is 0. The van der Waals surface area contributed by atoms with Gasteiger partial charge in [0.25, 0.3) is 5.56 Å². The Hall–Kier alpha value is -1.88. The second kappa shape index (κ2) is 5.85. The number of para-hydroxylation sites is 1. The number of rotatable bonds is 6. The maximum Gasteiger partial charge on any atom is 0.262 e. The molecule has 1 aromatic heterocycles. The van der Waals surface area contributed by atoms with Crippen LogP contribution in [0.5, 0.6) is 0 Å². The van der Waals surface area contributed by atoms with Gasteiger partial charge in [0.1, 0.15) is 0 Å². The van der Waals surface area contributed by atoms with Crippen LogP contribution in [0.1, 0.15) is 19.8 Å². The zero-order valence-corrected chi connectivity index (χ0v) is 12.2. The molecule has 1 saturated carbocycles. The van der Waals surface area contributed by atoms with Crippen LogP contribution < -0.4 is 10.9 Å². The Morgan fingerprint density at radius 3 is 2.90 bits per heavy atom. The minimum atomic E-state index is -0.101. The summed E-state index contributed by atoms with van der Waals surface area (Å²) in [6.45, 7) is 3.21. The molecule has 5 heteroatoms. The maximum atomic E-state index is 12.5. The van der Waals surface area contributed by atoms with Crippen molar-refractivity contribution in [1.29, 1.82) is 0 Å². The summed E-state index contributed by atoms with van der Waals surface area (Å²) in [6, 6.07) is 7.32. The highest BCUT2D eigenvalue weighted by molar-refractivity contribution is 5.78. The molecule has 3 rings (SSSR count). The lowest BCUT2D eigenvalue weighted by atomic mass is 10.1. The van der Waals surface area contributed by atoms with Gasteiger partial charge >= 0.3 is 0 Å². The van der Waals surface area contributed by atoms with E-state index in [1.54, 1.807) is 6.07 Å². The van der Waals surface area contributed by atoms with Crippen molar-refractivity contribution in [2.75, 3.05) is 18.5 Å². The maximum absolute atomic E-state index is 12.5. The quantitative estimate of drug-likeness (QED) is 0.851. The van der Waals surface area contributed by atoms with E-state index in [0.717, 1.165) is 12.5 Å². The van der Waals surface area contributed by atoms with Crippen LogP contribution in [0.4, 0.5) is 5.95 Å². The number of fused-ring (bicyclic) bond motifs is 1. The number of anilines is 1. The van der Waals surface area contributed by atoms with Crippen molar-refractivity contribution in [2.45, 2.75) is 26.3 Å². The van der Waals surface area contributed by atoms with Gasteiger partial charge in [-0.25, -0.2) is 4.98 Å². The fourth-order valence-electron chi connectivity index (χ4n) is 2.69. The fourth-order valence-corrected chi connectivity index (χ4v) is 2.69. The number of hydrogen-bond acceptors (Lipinski definition) is 4. The summed E-state index contributed by atoms with van der Waals surface area (Å²) in [5.74, 6) is 1.94. The van der Waals surface area contributed by atoms with Crippen LogP contribution in [-0.4, -0.2) is 27.8 Å². The molecule has 1 aliphatic rings. The van der Waals surface area contributed by atoms with Crippen LogP contribution in [0.25, 0.3) is 10.9 Å². The first kappa shape index (κ1) is 14.1. The number of nitrogens with one attached hydrogen (secondary N) is 1. The van der Waals surface area contributed by atoms with Crippen LogP contribution in [-0.2, 0) is 6.54 Å². The zero-order valence-electron chi connectivity index (χ0n) is 12.2. The minimum Gasteiger partial charge on any atom is -0.395 e. The first-order valence-electron chi connectivity index (χ1n) is 7.55. The summed E-state index contributed by atoms with van der Waals surface area (Å²) in [4.78, 5) is 17.0. The number of aliphatic hydroxyl groups is 1. The highest BCUT2D eigenvalue weighted by atomic mass is 16.3. The molecule has 0 saturated heterocycles. The van der Waals surface area contributed by atoms with Gasteiger partial charge in [-0.3, -0.25) is 9.36 Å². The molecule has 0 radical (unpaired) electrons. The molecule has 2 aromatic rings. The number of aromatic nitrogens is 2. The van der Waals surface area contributed by atoms with Crippen molar-refractivity contribution in [3.63, 3.8) is 0 Å². The average Bonchev–Trinajstić information content (AvgIpc) is 3.33. The van der Waals surface area contributed by atoms with Crippen molar-refractivity contribution in [1.82, 2.24) is 9.55 Å². The lowest BCUT2D eigenvalue weighted by molar-refractivity contribution is 0.274. The Morgan fingerprint density at radius 2 is 2.19 bits per heavy atom. The molecule has 0 aliphatic heterocycles. The van der Waals surface area contributed by atoms with Gasteiger partial charge in [0.05, 0.1) is 24.1 Å². The molecule has 1 fully saturated rings. The van der Waals surface area contributed by atoms with Crippen molar-refractivity contribution in [3.8, 4) is 0 Å². The number of benzene rings is 1. The van der Waals surface area contributed by atoms with E-state index >= 15 is 0 Å². The molecule has 0 spiro atoms. The Balaban J connectivity index is 1.94. The molecule has 21 heavy (non-hydrogen) atoms. The Labute approximate surface area is 123 Å². The molecule has 1 unspecified atom stereocenters. The molecule has 1 heterocycles. The monoisotopic (exact) mass is 287 g/mol. The standard InChI is InChI=1S/C16H21N3O2/c1-11(12-6-7-12)10-17-16-18-14-5-3-2-4-13(14)15(21)19(16)8-9-20/h2-5,11-12,20H,6-10H2,1H3,(H,17,18). The molecule has 5 nitrogen and oxygen atoms in total. The van der Waals surface area contributed by atoms with Crippen molar-refractivity contribution in [2.24, 2.45) is 11.8 Å². The molecule has 1 aromatic carbocycles. The number of nitrogens with zero attached hydrogens (tertiary/aromatic N) is 2. The third kappa shape index (κ3) is 2.93. The van der Waals surface area contributed by atoms with Gasteiger partial charge in [0, 0.05) is 6.54 Å².